The maximum atomic E-state index is 5.28. The van der Waals surface area contributed by atoms with Crippen LogP contribution in [0, 0.1) is 0 Å². The Balaban J connectivity index is 3.59. The van der Waals surface area contributed by atoms with Gasteiger partial charge in [0.1, 0.15) is 0 Å². The Kier molecular flexibility index (Phi) is 4.11. The van der Waals surface area contributed by atoms with E-state index >= 15 is 0 Å². The Morgan fingerprint density at radius 1 is 1.31 bits per heavy atom. The molecule has 0 aliphatic heterocycles. The predicted octanol–water partition coefficient (Wildman–Crippen LogP) is 1.33. The molecule has 1 aromatic rings. The highest BCUT2D eigenvalue weighted by Gasteiger charge is 2.04. The quantitative estimate of drug-likeness (QED) is 0.718. The second-order valence-corrected chi connectivity index (χ2v) is 3.30. The van der Waals surface area contributed by atoms with Crippen molar-refractivity contribution in [2.45, 2.75) is 13.8 Å². The van der Waals surface area contributed by atoms with E-state index in [9.17, 15) is 0 Å². The van der Waals surface area contributed by atoms with E-state index in [4.69, 9.17) is 9.47 Å². The van der Waals surface area contributed by atoms with Crippen molar-refractivity contribution in [3.8, 4) is 11.5 Å². The average Bonchev–Trinajstić information content (AvgIpc) is 2.28. The van der Waals surface area contributed by atoms with Crippen LogP contribution in [0.3, 0.4) is 0 Å². The highest BCUT2D eigenvalue weighted by Crippen LogP contribution is 2.19. The number of ether oxygens (including phenoxy) is 2. The van der Waals surface area contributed by atoms with Gasteiger partial charge in [-0.3, -0.25) is 4.99 Å². The number of aliphatic imine (C=N–C) groups is 1. The summed E-state index contributed by atoms with van der Waals surface area (Å²) in [5.41, 5.74) is 0.911. The molecular weight excluding hydrogens is 202 g/mol. The van der Waals surface area contributed by atoms with Gasteiger partial charge < -0.3 is 9.47 Å². The van der Waals surface area contributed by atoms with Crippen molar-refractivity contribution in [2.24, 2.45) is 4.99 Å². The van der Waals surface area contributed by atoms with E-state index in [1.165, 1.54) is 0 Å². The van der Waals surface area contributed by atoms with E-state index in [2.05, 4.69) is 11.6 Å². The Labute approximate surface area is 95.7 Å². The van der Waals surface area contributed by atoms with Gasteiger partial charge in [0.05, 0.1) is 14.2 Å². The first-order chi connectivity index (χ1) is 7.65. The molecule has 3 heteroatoms. The van der Waals surface area contributed by atoms with E-state index in [0.717, 1.165) is 16.1 Å². The van der Waals surface area contributed by atoms with Crippen molar-refractivity contribution in [3.63, 3.8) is 0 Å². The van der Waals surface area contributed by atoms with Crippen LogP contribution < -0.4 is 19.9 Å². The third-order valence-corrected chi connectivity index (χ3v) is 2.36. The summed E-state index contributed by atoms with van der Waals surface area (Å²) in [4.78, 5) is 4.24. The predicted molar refractivity (Wildman–Crippen MR) is 67.6 cm³/mol. The van der Waals surface area contributed by atoms with E-state index in [1.54, 1.807) is 20.4 Å². The lowest BCUT2D eigenvalue weighted by molar-refractivity contribution is 0.352. The van der Waals surface area contributed by atoms with Crippen LogP contribution in [0.5, 0.6) is 11.5 Å². The Bertz CT molecular complexity index is 503. The number of hydrogen-bond acceptors (Lipinski definition) is 3. The first-order valence-electron chi connectivity index (χ1n) is 5.05. The van der Waals surface area contributed by atoms with E-state index in [0.29, 0.717) is 11.5 Å². The van der Waals surface area contributed by atoms with Crippen LogP contribution in [0.4, 0.5) is 0 Å². The summed E-state index contributed by atoms with van der Waals surface area (Å²) in [6.07, 6.45) is 1.76. The Morgan fingerprint density at radius 3 is 2.50 bits per heavy atom. The molecule has 0 saturated carbocycles. The van der Waals surface area contributed by atoms with Crippen LogP contribution in [-0.4, -0.2) is 20.4 Å². The molecule has 0 heterocycles. The van der Waals surface area contributed by atoms with Gasteiger partial charge in [0, 0.05) is 22.3 Å². The molecular formula is C13H17NO2. The highest BCUT2D eigenvalue weighted by atomic mass is 16.5. The van der Waals surface area contributed by atoms with Gasteiger partial charge >= 0.3 is 0 Å². The molecule has 1 rings (SSSR count). The fourth-order valence-electron chi connectivity index (χ4n) is 1.59. The smallest absolute Gasteiger partial charge is 0.167 e. The normalized spacial score (nSPS) is 12.8. The van der Waals surface area contributed by atoms with Crippen LogP contribution in [-0.2, 0) is 0 Å². The molecule has 86 valence electrons. The molecule has 0 atom stereocenters. The summed E-state index contributed by atoms with van der Waals surface area (Å²) in [5, 5.41) is 1.76. The van der Waals surface area contributed by atoms with Crippen LogP contribution in [0.1, 0.15) is 13.8 Å². The van der Waals surface area contributed by atoms with Crippen molar-refractivity contribution in [2.75, 3.05) is 14.2 Å². The number of nitrogens with zero attached hydrogens (tertiary/aromatic N) is 1. The van der Waals surface area contributed by atoms with Crippen molar-refractivity contribution < 1.29 is 9.47 Å². The lowest BCUT2D eigenvalue weighted by Gasteiger charge is -2.08. The van der Waals surface area contributed by atoms with Gasteiger partial charge in [-0.25, -0.2) is 0 Å². The van der Waals surface area contributed by atoms with E-state index in [1.807, 2.05) is 26.0 Å². The molecule has 0 bridgehead atoms. The maximum absolute atomic E-state index is 5.28. The van der Waals surface area contributed by atoms with Crippen molar-refractivity contribution >= 4 is 18.5 Å². The molecule has 0 aliphatic carbocycles. The summed E-state index contributed by atoms with van der Waals surface area (Å²) in [5.74, 6) is 1.34. The zero-order valence-corrected chi connectivity index (χ0v) is 10.2. The molecule has 3 nitrogen and oxygen atoms in total. The average molecular weight is 219 g/mol. The second kappa shape index (κ2) is 5.35. The minimum atomic E-state index is 0.658. The highest BCUT2D eigenvalue weighted by molar-refractivity contribution is 5.62. The molecule has 0 aliphatic rings. The largest absolute Gasteiger partial charge is 0.493 e. The Hall–Kier alpha value is -1.77. The van der Waals surface area contributed by atoms with Crippen molar-refractivity contribution in [3.05, 3.63) is 22.6 Å². The topological polar surface area (TPSA) is 30.8 Å². The summed E-state index contributed by atoms with van der Waals surface area (Å²) < 4.78 is 10.5. The molecule has 0 fully saturated rings. The third-order valence-electron chi connectivity index (χ3n) is 2.36. The lowest BCUT2D eigenvalue weighted by atomic mass is 10.2. The van der Waals surface area contributed by atoms with Gasteiger partial charge in [-0.05, 0) is 26.0 Å². The fraction of sp³-hybridized carbons (Fsp3) is 0.308. The summed E-state index contributed by atoms with van der Waals surface area (Å²) >= 11 is 0. The monoisotopic (exact) mass is 219 g/mol. The number of rotatable bonds is 3. The molecule has 1 aromatic carbocycles. The van der Waals surface area contributed by atoms with E-state index in [-0.39, 0.29) is 0 Å². The van der Waals surface area contributed by atoms with Crippen molar-refractivity contribution in [1.29, 1.82) is 0 Å². The summed E-state index contributed by atoms with van der Waals surface area (Å²) in [6, 6.07) is 3.80. The first-order valence-corrected chi connectivity index (χ1v) is 5.05. The molecule has 0 N–H and O–H groups in total. The summed E-state index contributed by atoms with van der Waals surface area (Å²) in [7, 11) is 3.21. The first kappa shape index (κ1) is 12.3. The zero-order chi connectivity index (χ0) is 12.1. The molecule has 0 spiro atoms. The van der Waals surface area contributed by atoms with E-state index < -0.39 is 0 Å². The standard InChI is InChI=1S/C13H17NO2/c1-6-14-10(3)11-7-8-12(15-4)13(16-5)9(11)2/h6-8H,2H2,1,3-5H3/b11-10-,14-6?. The van der Waals surface area contributed by atoms with Crippen LogP contribution in [0.25, 0.3) is 12.3 Å². The second-order valence-electron chi connectivity index (χ2n) is 3.30. The molecule has 0 saturated heterocycles. The molecule has 0 amide bonds. The lowest BCUT2D eigenvalue weighted by Crippen LogP contribution is -2.26. The fourth-order valence-corrected chi connectivity index (χ4v) is 1.59. The van der Waals surface area contributed by atoms with Gasteiger partial charge in [-0.15, -0.1) is 0 Å². The Morgan fingerprint density at radius 2 is 2.00 bits per heavy atom. The van der Waals surface area contributed by atoms with Gasteiger partial charge in [0.15, 0.2) is 11.5 Å². The number of methoxy groups -OCH3 is 2. The third kappa shape index (κ3) is 2.24. The SMILES string of the molecule is C=c1c(OC)c(OC)cc/c1=C(\C)N=CC. The summed E-state index contributed by atoms with van der Waals surface area (Å²) in [6.45, 7) is 7.83. The zero-order valence-electron chi connectivity index (χ0n) is 10.2. The van der Waals surface area contributed by atoms with Crippen molar-refractivity contribution in [1.82, 2.24) is 0 Å². The van der Waals surface area contributed by atoms with Crippen LogP contribution in [0.2, 0.25) is 0 Å². The molecule has 0 aromatic heterocycles. The minimum Gasteiger partial charge on any atom is -0.493 e. The van der Waals surface area contributed by atoms with Gasteiger partial charge in [-0.2, -0.15) is 0 Å². The molecule has 0 radical (unpaired) electrons. The van der Waals surface area contributed by atoms with Gasteiger partial charge in [0.25, 0.3) is 0 Å². The number of hydrogen-bond donors (Lipinski definition) is 0. The molecule has 0 unspecified atom stereocenters. The minimum absolute atomic E-state index is 0.658. The molecule has 16 heavy (non-hydrogen) atoms. The maximum Gasteiger partial charge on any atom is 0.167 e. The number of benzene rings is 1. The van der Waals surface area contributed by atoms with Gasteiger partial charge in [-0.1, -0.05) is 6.58 Å². The van der Waals surface area contributed by atoms with Gasteiger partial charge in [0.2, 0.25) is 0 Å². The van der Waals surface area contributed by atoms with Crippen LogP contribution >= 0.6 is 0 Å². The van der Waals surface area contributed by atoms with Crippen LogP contribution in [0.15, 0.2) is 17.1 Å².